The minimum absolute atomic E-state index is 0.187. The molecule has 0 aliphatic heterocycles. The van der Waals surface area contributed by atoms with Crippen LogP contribution in [0.25, 0.3) is 0 Å². The molecule has 0 heterocycles. The van der Waals surface area contributed by atoms with Crippen LogP contribution in [0.4, 0.5) is 26.3 Å². The molecule has 1 aliphatic carbocycles. The minimum Gasteiger partial charge on any atom is -0.458 e. The number of esters is 2. The Morgan fingerprint density at radius 1 is 1.04 bits per heavy atom. The summed E-state index contributed by atoms with van der Waals surface area (Å²) in [5, 5.41) is 0. The van der Waals surface area contributed by atoms with Crippen molar-refractivity contribution < 1.29 is 45.4 Å². The van der Waals surface area contributed by atoms with Crippen LogP contribution >= 0.6 is 0 Å². The third-order valence-corrected chi connectivity index (χ3v) is 4.16. The van der Waals surface area contributed by atoms with Crippen LogP contribution < -0.4 is 0 Å². The SMILES string of the molecule is CCC(C)C(=O)OC1(CC(=O)OC(C(F)(F)F)C(F)(F)F)CCCC1. The van der Waals surface area contributed by atoms with Crippen molar-refractivity contribution in [3.8, 4) is 0 Å². The van der Waals surface area contributed by atoms with Gasteiger partial charge in [-0.3, -0.25) is 9.59 Å². The standard InChI is InChI=1S/C15H20F6O4/c1-3-9(2)11(23)25-13(6-4-5-7-13)8-10(22)24-12(14(16,17)18)15(19,20)21/h9,12H,3-8H2,1-2H3. The Hall–Kier alpha value is -1.48. The summed E-state index contributed by atoms with van der Waals surface area (Å²) in [7, 11) is 0. The predicted octanol–water partition coefficient (Wildman–Crippen LogP) is 4.32. The average molecular weight is 378 g/mol. The first kappa shape index (κ1) is 21.6. The number of hydrogen-bond acceptors (Lipinski definition) is 4. The maximum atomic E-state index is 12.5. The number of carbonyl (C=O) groups excluding carboxylic acids is 2. The summed E-state index contributed by atoms with van der Waals surface area (Å²) in [6, 6.07) is 0. The van der Waals surface area contributed by atoms with Crippen molar-refractivity contribution in [1.29, 1.82) is 0 Å². The Morgan fingerprint density at radius 2 is 1.52 bits per heavy atom. The molecular formula is C15H20F6O4. The molecule has 1 atom stereocenters. The van der Waals surface area contributed by atoms with Crippen molar-refractivity contribution in [2.45, 2.75) is 76.4 Å². The molecule has 1 aliphatic rings. The minimum atomic E-state index is -5.77. The van der Waals surface area contributed by atoms with Gasteiger partial charge in [0.05, 0.1) is 12.3 Å². The van der Waals surface area contributed by atoms with Crippen molar-refractivity contribution in [2.24, 2.45) is 5.92 Å². The van der Waals surface area contributed by atoms with E-state index in [2.05, 4.69) is 4.74 Å². The number of hydrogen-bond donors (Lipinski definition) is 0. The molecule has 0 saturated heterocycles. The van der Waals surface area contributed by atoms with Gasteiger partial charge in [0.1, 0.15) is 5.60 Å². The molecule has 0 amide bonds. The molecule has 146 valence electrons. The lowest BCUT2D eigenvalue weighted by atomic mass is 9.97. The van der Waals surface area contributed by atoms with Crippen LogP contribution in [0, 0.1) is 5.92 Å². The van der Waals surface area contributed by atoms with Gasteiger partial charge in [-0.2, -0.15) is 26.3 Å². The molecule has 1 fully saturated rings. The smallest absolute Gasteiger partial charge is 0.434 e. The molecule has 0 spiro atoms. The van der Waals surface area contributed by atoms with Gasteiger partial charge in [-0.15, -0.1) is 0 Å². The lowest BCUT2D eigenvalue weighted by Crippen LogP contribution is -2.47. The van der Waals surface area contributed by atoms with E-state index in [-0.39, 0.29) is 12.8 Å². The molecule has 1 unspecified atom stereocenters. The van der Waals surface area contributed by atoms with Crippen LogP contribution in [0.15, 0.2) is 0 Å². The zero-order chi connectivity index (χ0) is 19.5. The predicted molar refractivity (Wildman–Crippen MR) is 73.4 cm³/mol. The zero-order valence-electron chi connectivity index (χ0n) is 13.8. The van der Waals surface area contributed by atoms with Crippen molar-refractivity contribution in [2.75, 3.05) is 0 Å². The number of rotatable bonds is 6. The van der Waals surface area contributed by atoms with Gasteiger partial charge in [0.25, 0.3) is 6.10 Å². The average Bonchev–Trinajstić information content (AvgIpc) is 2.89. The fourth-order valence-electron chi connectivity index (χ4n) is 2.57. The normalized spacial score (nSPS) is 18.9. The van der Waals surface area contributed by atoms with E-state index in [1.54, 1.807) is 13.8 Å². The highest BCUT2D eigenvalue weighted by molar-refractivity contribution is 5.75. The molecule has 0 bridgehead atoms. The molecule has 10 heteroatoms. The second-order valence-corrected chi connectivity index (χ2v) is 6.25. The second-order valence-electron chi connectivity index (χ2n) is 6.25. The Kier molecular flexibility index (Phi) is 6.74. The van der Waals surface area contributed by atoms with E-state index < -0.39 is 48.3 Å². The Balaban J connectivity index is 2.84. The van der Waals surface area contributed by atoms with E-state index in [1.165, 1.54) is 0 Å². The van der Waals surface area contributed by atoms with Crippen LogP contribution in [-0.2, 0) is 19.1 Å². The summed E-state index contributed by atoms with van der Waals surface area (Å²) < 4.78 is 83.7. The molecule has 0 aromatic heterocycles. The largest absolute Gasteiger partial charge is 0.458 e. The van der Waals surface area contributed by atoms with Gasteiger partial charge in [-0.1, -0.05) is 13.8 Å². The highest BCUT2D eigenvalue weighted by Crippen LogP contribution is 2.40. The van der Waals surface area contributed by atoms with Crippen LogP contribution in [0.1, 0.15) is 52.4 Å². The van der Waals surface area contributed by atoms with Gasteiger partial charge in [0.2, 0.25) is 0 Å². The summed E-state index contributed by atoms with van der Waals surface area (Å²) in [5.74, 6) is -2.83. The Bertz CT molecular complexity index is 465. The van der Waals surface area contributed by atoms with Gasteiger partial charge in [0, 0.05) is 0 Å². The number of alkyl halides is 6. The fourth-order valence-corrected chi connectivity index (χ4v) is 2.57. The van der Waals surface area contributed by atoms with Crippen LogP contribution in [-0.4, -0.2) is 36.0 Å². The third-order valence-electron chi connectivity index (χ3n) is 4.16. The monoisotopic (exact) mass is 378 g/mol. The van der Waals surface area contributed by atoms with Crippen molar-refractivity contribution in [3.05, 3.63) is 0 Å². The Morgan fingerprint density at radius 3 is 1.92 bits per heavy atom. The van der Waals surface area contributed by atoms with Crippen molar-refractivity contribution in [1.82, 2.24) is 0 Å². The van der Waals surface area contributed by atoms with Gasteiger partial charge < -0.3 is 9.47 Å². The maximum absolute atomic E-state index is 12.5. The molecule has 0 aromatic rings. The topological polar surface area (TPSA) is 52.6 Å². The van der Waals surface area contributed by atoms with E-state index in [1.807, 2.05) is 0 Å². The van der Waals surface area contributed by atoms with Crippen LogP contribution in [0.2, 0.25) is 0 Å². The van der Waals surface area contributed by atoms with Crippen molar-refractivity contribution >= 4 is 11.9 Å². The highest BCUT2D eigenvalue weighted by Gasteiger charge is 2.60. The summed E-state index contributed by atoms with van der Waals surface area (Å²) in [4.78, 5) is 23.6. The number of halogens is 6. The van der Waals surface area contributed by atoms with E-state index in [0.29, 0.717) is 19.3 Å². The van der Waals surface area contributed by atoms with Crippen molar-refractivity contribution in [3.63, 3.8) is 0 Å². The van der Waals surface area contributed by atoms with E-state index >= 15 is 0 Å². The first-order valence-electron chi connectivity index (χ1n) is 7.86. The quantitative estimate of drug-likeness (QED) is 0.510. The molecular weight excluding hydrogens is 358 g/mol. The molecule has 0 aromatic carbocycles. The first-order chi connectivity index (χ1) is 11.3. The van der Waals surface area contributed by atoms with Crippen LogP contribution in [0.5, 0.6) is 0 Å². The second kappa shape index (κ2) is 7.82. The number of carbonyl (C=O) groups is 2. The molecule has 0 N–H and O–H groups in total. The van der Waals surface area contributed by atoms with E-state index in [9.17, 15) is 35.9 Å². The summed E-state index contributed by atoms with van der Waals surface area (Å²) in [5.41, 5.74) is -1.40. The number of ether oxygens (including phenoxy) is 2. The fraction of sp³-hybridized carbons (Fsp3) is 0.867. The highest BCUT2D eigenvalue weighted by atomic mass is 19.4. The van der Waals surface area contributed by atoms with Gasteiger partial charge in [-0.25, -0.2) is 0 Å². The Labute approximate surface area is 140 Å². The summed E-state index contributed by atoms with van der Waals surface area (Å²) in [6.07, 6.45) is -14.7. The molecule has 25 heavy (non-hydrogen) atoms. The molecule has 1 saturated carbocycles. The van der Waals surface area contributed by atoms with Gasteiger partial charge in [0.15, 0.2) is 0 Å². The lowest BCUT2D eigenvalue weighted by molar-refractivity contribution is -0.314. The van der Waals surface area contributed by atoms with E-state index in [4.69, 9.17) is 4.74 Å². The summed E-state index contributed by atoms with van der Waals surface area (Å²) in [6.45, 7) is 3.30. The molecule has 4 nitrogen and oxygen atoms in total. The summed E-state index contributed by atoms with van der Waals surface area (Å²) >= 11 is 0. The van der Waals surface area contributed by atoms with Crippen LogP contribution in [0.3, 0.4) is 0 Å². The van der Waals surface area contributed by atoms with Gasteiger partial charge >= 0.3 is 24.3 Å². The lowest BCUT2D eigenvalue weighted by Gasteiger charge is -2.30. The maximum Gasteiger partial charge on any atom is 0.434 e. The first-order valence-corrected chi connectivity index (χ1v) is 7.86. The molecule has 0 radical (unpaired) electrons. The van der Waals surface area contributed by atoms with Gasteiger partial charge in [-0.05, 0) is 32.1 Å². The third kappa shape index (κ3) is 6.07. The van der Waals surface area contributed by atoms with E-state index in [0.717, 1.165) is 0 Å². The molecule has 1 rings (SSSR count). The zero-order valence-corrected chi connectivity index (χ0v) is 13.8.